The predicted octanol–water partition coefficient (Wildman–Crippen LogP) is 4.07. The number of benzene rings is 2. The van der Waals surface area contributed by atoms with E-state index < -0.39 is 0 Å². The van der Waals surface area contributed by atoms with Gasteiger partial charge in [-0.15, -0.1) is 0 Å². The van der Waals surface area contributed by atoms with Crippen LogP contribution in [0.5, 0.6) is 0 Å². The van der Waals surface area contributed by atoms with E-state index >= 15 is 0 Å². The van der Waals surface area contributed by atoms with E-state index in [-0.39, 0.29) is 5.91 Å². The molecule has 4 N–H and O–H groups in total. The van der Waals surface area contributed by atoms with Crippen molar-refractivity contribution in [3.63, 3.8) is 0 Å². The molecule has 4 nitrogen and oxygen atoms in total. The minimum absolute atomic E-state index is 0.167. The second kappa shape index (κ2) is 6.70. The first-order valence-corrected chi connectivity index (χ1v) is 7.16. The van der Waals surface area contributed by atoms with Gasteiger partial charge in [0.1, 0.15) is 0 Å². The Morgan fingerprint density at radius 1 is 1.14 bits per heavy atom. The number of anilines is 3. The second-order valence-electron chi connectivity index (χ2n) is 4.42. The van der Waals surface area contributed by atoms with Crippen LogP contribution in [0.2, 0.25) is 10.0 Å². The molecule has 0 bridgehead atoms. The third-order valence-electron chi connectivity index (χ3n) is 2.82. The average molecular weight is 324 g/mol. The molecule has 0 saturated carbocycles. The summed E-state index contributed by atoms with van der Waals surface area (Å²) in [7, 11) is 0. The third kappa shape index (κ3) is 3.80. The van der Waals surface area contributed by atoms with Gasteiger partial charge in [0.05, 0.1) is 21.3 Å². The summed E-state index contributed by atoms with van der Waals surface area (Å²) in [6.07, 6.45) is 0. The molecule has 0 fully saturated rings. The molecular weight excluding hydrogens is 309 g/mol. The van der Waals surface area contributed by atoms with Gasteiger partial charge in [0.2, 0.25) is 0 Å². The normalized spacial score (nSPS) is 10.2. The molecule has 110 valence electrons. The summed E-state index contributed by atoms with van der Waals surface area (Å²) in [6.45, 7) is 2.41. The fourth-order valence-electron chi connectivity index (χ4n) is 1.85. The van der Waals surface area contributed by atoms with Crippen LogP contribution in [0, 0.1) is 0 Å². The number of hydrogen-bond donors (Lipinski definition) is 3. The Morgan fingerprint density at radius 3 is 2.57 bits per heavy atom. The van der Waals surface area contributed by atoms with Crippen LogP contribution in [0.4, 0.5) is 17.1 Å². The summed E-state index contributed by atoms with van der Waals surface area (Å²) in [5, 5.41) is 6.80. The highest BCUT2D eigenvalue weighted by Gasteiger charge is 2.11. The van der Waals surface area contributed by atoms with Crippen LogP contribution in [0.15, 0.2) is 36.4 Å². The Hall–Kier alpha value is -1.91. The maximum atomic E-state index is 12.0. The number of nitrogen functional groups attached to an aromatic ring is 1. The van der Waals surface area contributed by atoms with Gasteiger partial charge in [0.15, 0.2) is 0 Å². The van der Waals surface area contributed by atoms with Crippen molar-refractivity contribution in [3.8, 4) is 0 Å². The lowest BCUT2D eigenvalue weighted by molar-refractivity contribution is 0.0956. The molecule has 0 aromatic heterocycles. The Labute approximate surface area is 133 Å². The van der Waals surface area contributed by atoms with Crippen LogP contribution in [0.1, 0.15) is 17.3 Å². The van der Waals surface area contributed by atoms with Crippen molar-refractivity contribution in [3.05, 3.63) is 52.0 Å². The number of nitrogens with two attached hydrogens (primary N) is 1. The number of carbonyl (C=O) groups excluding carboxylic acids is 1. The standard InChI is InChI=1S/C15H15Cl2N3O/c1-2-19-15(21)11-5-3-9(18)7-14(11)20-10-4-6-12(16)13(17)8-10/h3-8,20H,2,18H2,1H3,(H,19,21). The average Bonchev–Trinajstić information content (AvgIpc) is 2.43. The molecule has 0 aliphatic rings. The first-order valence-electron chi connectivity index (χ1n) is 6.41. The van der Waals surface area contributed by atoms with Crippen LogP contribution in [0.25, 0.3) is 0 Å². The number of carbonyl (C=O) groups is 1. The third-order valence-corrected chi connectivity index (χ3v) is 3.56. The lowest BCUT2D eigenvalue weighted by Gasteiger charge is -2.13. The van der Waals surface area contributed by atoms with Gasteiger partial charge in [0.25, 0.3) is 5.91 Å². The number of rotatable bonds is 4. The Kier molecular flexibility index (Phi) is 4.94. The molecule has 2 aromatic carbocycles. The zero-order valence-electron chi connectivity index (χ0n) is 11.4. The first kappa shape index (κ1) is 15.5. The van der Waals surface area contributed by atoms with E-state index in [1.54, 1.807) is 36.4 Å². The smallest absolute Gasteiger partial charge is 0.253 e. The van der Waals surface area contributed by atoms with Crippen molar-refractivity contribution in [1.82, 2.24) is 5.32 Å². The molecule has 0 aliphatic carbocycles. The van der Waals surface area contributed by atoms with Crippen LogP contribution in [-0.4, -0.2) is 12.5 Å². The molecule has 6 heteroatoms. The molecule has 0 unspecified atom stereocenters. The highest BCUT2D eigenvalue weighted by Crippen LogP contribution is 2.29. The van der Waals surface area contributed by atoms with Crippen LogP contribution < -0.4 is 16.4 Å². The summed E-state index contributed by atoms with van der Waals surface area (Å²) < 4.78 is 0. The van der Waals surface area contributed by atoms with Crippen molar-refractivity contribution in [1.29, 1.82) is 0 Å². The molecule has 0 saturated heterocycles. The SMILES string of the molecule is CCNC(=O)c1ccc(N)cc1Nc1ccc(Cl)c(Cl)c1. The lowest BCUT2D eigenvalue weighted by atomic mass is 10.1. The van der Waals surface area contributed by atoms with Crippen molar-refractivity contribution in [2.24, 2.45) is 0 Å². The van der Waals surface area contributed by atoms with Gasteiger partial charge in [-0.25, -0.2) is 0 Å². The molecule has 2 rings (SSSR count). The van der Waals surface area contributed by atoms with E-state index in [0.29, 0.717) is 33.5 Å². The molecule has 1 amide bonds. The molecule has 0 atom stereocenters. The largest absolute Gasteiger partial charge is 0.399 e. The highest BCUT2D eigenvalue weighted by atomic mass is 35.5. The Balaban J connectivity index is 2.35. The summed E-state index contributed by atoms with van der Waals surface area (Å²) in [5.74, 6) is -0.167. The minimum atomic E-state index is -0.167. The predicted molar refractivity (Wildman–Crippen MR) is 88.6 cm³/mol. The molecule has 0 aliphatic heterocycles. The molecular formula is C15H15Cl2N3O. The van der Waals surface area contributed by atoms with Crippen LogP contribution in [-0.2, 0) is 0 Å². The van der Waals surface area contributed by atoms with Gasteiger partial charge < -0.3 is 16.4 Å². The van der Waals surface area contributed by atoms with Gasteiger partial charge in [-0.1, -0.05) is 23.2 Å². The molecule has 2 aromatic rings. The van der Waals surface area contributed by atoms with E-state index in [0.717, 1.165) is 5.69 Å². The fraction of sp³-hybridized carbons (Fsp3) is 0.133. The van der Waals surface area contributed by atoms with E-state index in [2.05, 4.69) is 10.6 Å². The van der Waals surface area contributed by atoms with E-state index in [1.807, 2.05) is 6.92 Å². The van der Waals surface area contributed by atoms with Gasteiger partial charge in [-0.2, -0.15) is 0 Å². The van der Waals surface area contributed by atoms with Crippen LogP contribution >= 0.6 is 23.2 Å². The van der Waals surface area contributed by atoms with Gasteiger partial charge in [0, 0.05) is 17.9 Å². The molecule has 0 heterocycles. The summed E-state index contributed by atoms with van der Waals surface area (Å²) in [5.41, 5.74) is 8.20. The Morgan fingerprint density at radius 2 is 1.90 bits per heavy atom. The number of nitrogens with one attached hydrogen (secondary N) is 2. The number of amides is 1. The summed E-state index contributed by atoms with van der Waals surface area (Å²) >= 11 is 11.9. The van der Waals surface area contributed by atoms with Gasteiger partial charge in [-0.3, -0.25) is 4.79 Å². The highest BCUT2D eigenvalue weighted by molar-refractivity contribution is 6.42. The van der Waals surface area contributed by atoms with Gasteiger partial charge in [-0.05, 0) is 43.3 Å². The Bertz CT molecular complexity index is 674. The fourth-order valence-corrected chi connectivity index (χ4v) is 2.15. The molecule has 0 spiro atoms. The van der Waals surface area contributed by atoms with E-state index in [1.165, 1.54) is 0 Å². The first-order chi connectivity index (χ1) is 10.0. The maximum absolute atomic E-state index is 12.0. The van der Waals surface area contributed by atoms with Gasteiger partial charge >= 0.3 is 0 Å². The van der Waals surface area contributed by atoms with Crippen LogP contribution in [0.3, 0.4) is 0 Å². The monoisotopic (exact) mass is 323 g/mol. The summed E-state index contributed by atoms with van der Waals surface area (Å²) in [4.78, 5) is 12.0. The number of hydrogen-bond acceptors (Lipinski definition) is 3. The maximum Gasteiger partial charge on any atom is 0.253 e. The summed E-state index contributed by atoms with van der Waals surface area (Å²) in [6, 6.07) is 10.2. The molecule has 0 radical (unpaired) electrons. The topological polar surface area (TPSA) is 67.2 Å². The van der Waals surface area contributed by atoms with Crippen molar-refractivity contribution in [2.45, 2.75) is 6.92 Å². The lowest BCUT2D eigenvalue weighted by Crippen LogP contribution is -2.23. The zero-order valence-corrected chi connectivity index (χ0v) is 12.9. The minimum Gasteiger partial charge on any atom is -0.399 e. The van der Waals surface area contributed by atoms with Crippen molar-refractivity contribution < 1.29 is 4.79 Å². The molecule has 21 heavy (non-hydrogen) atoms. The zero-order chi connectivity index (χ0) is 15.4. The second-order valence-corrected chi connectivity index (χ2v) is 5.23. The van der Waals surface area contributed by atoms with Crippen molar-refractivity contribution >= 4 is 46.2 Å². The quantitative estimate of drug-likeness (QED) is 0.743. The van der Waals surface area contributed by atoms with Crippen molar-refractivity contribution in [2.75, 3.05) is 17.6 Å². The van der Waals surface area contributed by atoms with E-state index in [4.69, 9.17) is 28.9 Å². The number of halogens is 2. The van der Waals surface area contributed by atoms with E-state index in [9.17, 15) is 4.79 Å².